The van der Waals surface area contributed by atoms with Crippen molar-refractivity contribution in [3.05, 3.63) is 65.4 Å². The van der Waals surface area contributed by atoms with Gasteiger partial charge in [0.2, 0.25) is 5.91 Å². The maximum atomic E-state index is 13.2. The first-order valence-corrected chi connectivity index (χ1v) is 12.1. The Morgan fingerprint density at radius 3 is 2.31 bits per heavy atom. The number of rotatable bonds is 6. The van der Waals surface area contributed by atoms with E-state index in [2.05, 4.69) is 5.32 Å². The third-order valence-corrected chi connectivity index (χ3v) is 6.98. The van der Waals surface area contributed by atoms with Crippen molar-refractivity contribution in [1.29, 1.82) is 0 Å². The second kappa shape index (κ2) is 9.86. The predicted molar refractivity (Wildman–Crippen MR) is 133 cm³/mol. The van der Waals surface area contributed by atoms with Crippen LogP contribution in [0.25, 0.3) is 11.3 Å². The maximum Gasteiger partial charge on any atom is 0.289 e. The van der Waals surface area contributed by atoms with Crippen molar-refractivity contribution < 1.29 is 23.5 Å². The van der Waals surface area contributed by atoms with Gasteiger partial charge in [-0.15, -0.1) is 0 Å². The van der Waals surface area contributed by atoms with Crippen LogP contribution in [0.1, 0.15) is 47.4 Å². The minimum Gasteiger partial charge on any atom is -0.493 e. The minimum atomic E-state index is -0.142. The number of nitrogens with one attached hydrogen (secondary N) is 1. The lowest BCUT2D eigenvalue weighted by molar-refractivity contribution is -0.119. The molecular weight excluding hydrogens is 444 g/mol. The normalized spacial score (nSPS) is 15.5. The summed E-state index contributed by atoms with van der Waals surface area (Å²) in [5.74, 6) is 2.36. The van der Waals surface area contributed by atoms with Crippen LogP contribution in [0.3, 0.4) is 0 Å². The summed E-state index contributed by atoms with van der Waals surface area (Å²) in [6.07, 6.45) is 4.94. The highest BCUT2D eigenvalue weighted by atomic mass is 16.5. The van der Waals surface area contributed by atoms with E-state index in [1.165, 1.54) is 0 Å². The summed E-state index contributed by atoms with van der Waals surface area (Å²) in [5.41, 5.74) is 3.83. The van der Waals surface area contributed by atoms with E-state index < -0.39 is 0 Å². The summed E-state index contributed by atoms with van der Waals surface area (Å²) in [7, 11) is 3.23. The first-order chi connectivity index (χ1) is 17.1. The molecule has 2 amide bonds. The standard InChI is InChI=1S/C28H30N2O5/c1-33-25-15-20-13-14-30(17-21(20)16-26(25)34-2)28(32)24-12-11-23(35-24)18-7-9-22(10-8-18)29-27(31)19-5-3-4-6-19/h7-12,15-16,19H,3-6,13-14,17H2,1-2H3,(H,29,31). The van der Waals surface area contributed by atoms with Gasteiger partial charge in [-0.2, -0.15) is 0 Å². The fourth-order valence-corrected chi connectivity index (χ4v) is 4.97. The van der Waals surface area contributed by atoms with E-state index in [1.807, 2.05) is 42.5 Å². The van der Waals surface area contributed by atoms with Crippen LogP contribution in [0.2, 0.25) is 0 Å². The second-order valence-corrected chi connectivity index (χ2v) is 9.16. The molecule has 0 spiro atoms. The predicted octanol–water partition coefficient (Wildman–Crippen LogP) is 5.29. The van der Waals surface area contributed by atoms with E-state index in [-0.39, 0.29) is 17.7 Å². The molecule has 5 rings (SSSR count). The molecule has 2 aromatic carbocycles. The summed E-state index contributed by atoms with van der Waals surface area (Å²) in [4.78, 5) is 27.3. The number of nitrogens with zero attached hydrogens (tertiary/aromatic N) is 1. The number of furan rings is 1. The van der Waals surface area contributed by atoms with Crippen LogP contribution in [0.4, 0.5) is 5.69 Å². The smallest absolute Gasteiger partial charge is 0.289 e. The van der Waals surface area contributed by atoms with Gasteiger partial charge in [-0.3, -0.25) is 9.59 Å². The van der Waals surface area contributed by atoms with Crippen molar-refractivity contribution in [2.45, 2.75) is 38.6 Å². The number of carbonyl (C=O) groups excluding carboxylic acids is 2. The molecule has 1 aliphatic heterocycles. The van der Waals surface area contributed by atoms with Crippen LogP contribution in [-0.2, 0) is 17.8 Å². The van der Waals surface area contributed by atoms with Crippen LogP contribution < -0.4 is 14.8 Å². The lowest BCUT2D eigenvalue weighted by Crippen LogP contribution is -2.35. The van der Waals surface area contributed by atoms with E-state index in [1.54, 1.807) is 25.2 Å². The number of amides is 2. The van der Waals surface area contributed by atoms with Crippen LogP contribution >= 0.6 is 0 Å². The van der Waals surface area contributed by atoms with Gasteiger partial charge >= 0.3 is 0 Å². The summed E-state index contributed by atoms with van der Waals surface area (Å²) in [6.45, 7) is 1.09. The van der Waals surface area contributed by atoms with Gasteiger partial charge in [0.25, 0.3) is 5.91 Å². The average Bonchev–Trinajstić information content (AvgIpc) is 3.60. The van der Waals surface area contributed by atoms with E-state index in [4.69, 9.17) is 13.9 Å². The average molecular weight is 475 g/mol. The van der Waals surface area contributed by atoms with Crippen molar-refractivity contribution in [2.75, 3.05) is 26.1 Å². The molecule has 1 fully saturated rings. The maximum absolute atomic E-state index is 13.2. The van der Waals surface area contributed by atoms with E-state index in [0.717, 1.165) is 54.5 Å². The Labute approximate surface area is 205 Å². The summed E-state index contributed by atoms with van der Waals surface area (Å²) < 4.78 is 16.8. The Bertz CT molecular complexity index is 1220. The van der Waals surface area contributed by atoms with Crippen LogP contribution in [0.15, 0.2) is 52.9 Å². The first kappa shape index (κ1) is 23.0. The SMILES string of the molecule is COc1cc2c(cc1OC)CN(C(=O)c1ccc(-c3ccc(NC(=O)C4CCCC4)cc3)o1)CC2. The van der Waals surface area contributed by atoms with Crippen LogP contribution in [0, 0.1) is 5.92 Å². The largest absolute Gasteiger partial charge is 0.493 e. The van der Waals surface area contributed by atoms with Gasteiger partial charge in [-0.25, -0.2) is 0 Å². The molecule has 0 atom stereocenters. The van der Waals surface area contributed by atoms with Gasteiger partial charge in [-0.05, 0) is 78.9 Å². The molecule has 0 bridgehead atoms. The number of ether oxygens (including phenoxy) is 2. The number of benzene rings is 2. The summed E-state index contributed by atoms with van der Waals surface area (Å²) in [5, 5.41) is 3.01. The Kier molecular flexibility index (Phi) is 6.49. The number of fused-ring (bicyclic) bond motifs is 1. The summed E-state index contributed by atoms with van der Waals surface area (Å²) in [6, 6.07) is 15.0. The molecule has 2 heterocycles. The van der Waals surface area contributed by atoms with Crippen molar-refractivity contribution in [3.63, 3.8) is 0 Å². The second-order valence-electron chi connectivity index (χ2n) is 9.16. The molecule has 182 valence electrons. The van der Waals surface area contributed by atoms with E-state index in [0.29, 0.717) is 36.1 Å². The molecule has 7 nitrogen and oxygen atoms in total. The highest BCUT2D eigenvalue weighted by molar-refractivity contribution is 5.93. The third kappa shape index (κ3) is 4.76. The van der Waals surface area contributed by atoms with Gasteiger partial charge in [-0.1, -0.05) is 12.8 Å². The number of hydrogen-bond donors (Lipinski definition) is 1. The van der Waals surface area contributed by atoms with Crippen molar-refractivity contribution in [1.82, 2.24) is 4.90 Å². The lowest BCUT2D eigenvalue weighted by Gasteiger charge is -2.29. The fraction of sp³-hybridized carbons (Fsp3) is 0.357. The quantitative estimate of drug-likeness (QED) is 0.525. The van der Waals surface area contributed by atoms with Crippen molar-refractivity contribution in [3.8, 4) is 22.8 Å². The Morgan fingerprint density at radius 2 is 1.63 bits per heavy atom. The van der Waals surface area contributed by atoms with Gasteiger partial charge in [0.1, 0.15) is 5.76 Å². The molecule has 1 aliphatic carbocycles. The highest BCUT2D eigenvalue weighted by Crippen LogP contribution is 2.34. The molecule has 1 aromatic heterocycles. The molecular formula is C28H30N2O5. The third-order valence-electron chi connectivity index (χ3n) is 6.98. The lowest BCUT2D eigenvalue weighted by atomic mass is 9.98. The number of methoxy groups -OCH3 is 2. The number of carbonyl (C=O) groups is 2. The zero-order chi connectivity index (χ0) is 24.4. The highest BCUT2D eigenvalue weighted by Gasteiger charge is 2.26. The van der Waals surface area contributed by atoms with Gasteiger partial charge in [0, 0.05) is 30.3 Å². The Balaban J connectivity index is 1.25. The molecule has 7 heteroatoms. The monoisotopic (exact) mass is 474 g/mol. The zero-order valence-corrected chi connectivity index (χ0v) is 20.1. The Hall–Kier alpha value is -3.74. The molecule has 3 aromatic rings. The van der Waals surface area contributed by atoms with Crippen molar-refractivity contribution in [2.24, 2.45) is 5.92 Å². The molecule has 1 N–H and O–H groups in total. The van der Waals surface area contributed by atoms with E-state index >= 15 is 0 Å². The van der Waals surface area contributed by atoms with Crippen molar-refractivity contribution >= 4 is 17.5 Å². The minimum absolute atomic E-state index is 0.0975. The first-order valence-electron chi connectivity index (χ1n) is 12.1. The number of hydrogen-bond acceptors (Lipinski definition) is 5. The van der Waals surface area contributed by atoms with Crippen LogP contribution in [0.5, 0.6) is 11.5 Å². The fourth-order valence-electron chi connectivity index (χ4n) is 4.97. The Morgan fingerprint density at radius 1 is 0.943 bits per heavy atom. The van der Waals surface area contributed by atoms with Crippen LogP contribution in [-0.4, -0.2) is 37.5 Å². The molecule has 1 saturated carbocycles. The molecule has 0 unspecified atom stereocenters. The topological polar surface area (TPSA) is 81.0 Å². The zero-order valence-electron chi connectivity index (χ0n) is 20.1. The van der Waals surface area contributed by atoms with Gasteiger partial charge in [0.05, 0.1) is 14.2 Å². The molecule has 35 heavy (non-hydrogen) atoms. The van der Waals surface area contributed by atoms with Gasteiger partial charge in [0.15, 0.2) is 17.3 Å². The molecule has 0 radical (unpaired) electrons. The molecule has 2 aliphatic rings. The van der Waals surface area contributed by atoms with E-state index in [9.17, 15) is 9.59 Å². The van der Waals surface area contributed by atoms with Gasteiger partial charge < -0.3 is 24.1 Å². The molecule has 0 saturated heterocycles. The summed E-state index contributed by atoms with van der Waals surface area (Å²) >= 11 is 0. The number of anilines is 1.